The molecule has 1 aromatic carbocycles. The molecule has 2 aliphatic heterocycles. The van der Waals surface area contributed by atoms with E-state index in [9.17, 15) is 19.2 Å². The largest absolute Gasteiger partial charge is 0.482 e. The van der Waals surface area contributed by atoms with Crippen molar-refractivity contribution in [2.24, 2.45) is 0 Å². The Morgan fingerprint density at radius 1 is 1.06 bits per heavy atom. The van der Waals surface area contributed by atoms with Gasteiger partial charge >= 0.3 is 6.09 Å². The second-order valence-corrected chi connectivity index (χ2v) is 8.93. The van der Waals surface area contributed by atoms with Gasteiger partial charge in [0.2, 0.25) is 5.91 Å². The first-order chi connectivity index (χ1) is 15.1. The van der Waals surface area contributed by atoms with Gasteiger partial charge in [-0.15, -0.1) is 0 Å². The maximum atomic E-state index is 13.0. The smallest absolute Gasteiger partial charge is 0.410 e. The summed E-state index contributed by atoms with van der Waals surface area (Å²) >= 11 is 0. The molecule has 3 rings (SSSR count). The van der Waals surface area contributed by atoms with Crippen LogP contribution in [0.25, 0.3) is 0 Å². The van der Waals surface area contributed by atoms with Crippen LogP contribution in [0.4, 0.5) is 10.5 Å². The summed E-state index contributed by atoms with van der Waals surface area (Å²) in [5, 5.41) is 0. The zero-order valence-corrected chi connectivity index (χ0v) is 19.2. The number of fused-ring (bicyclic) bond motifs is 1. The second-order valence-electron chi connectivity index (χ2n) is 8.93. The number of ketones is 1. The van der Waals surface area contributed by atoms with Crippen molar-refractivity contribution in [2.45, 2.75) is 46.1 Å². The highest BCUT2D eigenvalue weighted by Gasteiger charge is 2.31. The van der Waals surface area contributed by atoms with Crippen LogP contribution in [0.1, 0.15) is 50.9 Å². The van der Waals surface area contributed by atoms with Crippen molar-refractivity contribution >= 4 is 29.4 Å². The predicted octanol–water partition coefficient (Wildman–Crippen LogP) is 2.47. The SMILES string of the molecule is CCC(=O)c1ccc2c(c1)N(CC(=O)N1CCCN(C(=O)OC(C)(C)C)CC1)C(=O)CO2. The molecule has 9 heteroatoms. The van der Waals surface area contributed by atoms with Crippen LogP contribution < -0.4 is 9.64 Å². The molecule has 1 aromatic rings. The lowest BCUT2D eigenvalue weighted by molar-refractivity contribution is -0.131. The van der Waals surface area contributed by atoms with Gasteiger partial charge in [-0.25, -0.2) is 4.79 Å². The summed E-state index contributed by atoms with van der Waals surface area (Å²) in [5.74, 6) is -0.134. The number of nitrogens with zero attached hydrogens (tertiary/aromatic N) is 3. The molecule has 0 aromatic heterocycles. The van der Waals surface area contributed by atoms with E-state index < -0.39 is 11.7 Å². The van der Waals surface area contributed by atoms with Gasteiger partial charge in [-0.3, -0.25) is 19.3 Å². The Kier molecular flexibility index (Phi) is 7.06. The fraction of sp³-hybridized carbons (Fsp3) is 0.565. The van der Waals surface area contributed by atoms with Crippen LogP contribution in [0, 0.1) is 0 Å². The van der Waals surface area contributed by atoms with Crippen molar-refractivity contribution in [1.82, 2.24) is 9.80 Å². The molecular formula is C23H31N3O6. The Labute approximate surface area is 188 Å². The molecule has 0 aliphatic carbocycles. The summed E-state index contributed by atoms with van der Waals surface area (Å²) in [4.78, 5) is 54.7. The lowest BCUT2D eigenvalue weighted by atomic mass is 10.1. The topological polar surface area (TPSA) is 96.5 Å². The maximum absolute atomic E-state index is 13.0. The van der Waals surface area contributed by atoms with Crippen LogP contribution in [0.5, 0.6) is 5.75 Å². The highest BCUT2D eigenvalue weighted by molar-refractivity contribution is 6.04. The summed E-state index contributed by atoms with van der Waals surface area (Å²) in [6.45, 7) is 8.61. The number of carbonyl (C=O) groups excluding carboxylic acids is 4. The van der Waals surface area contributed by atoms with Crippen LogP contribution in [0.15, 0.2) is 18.2 Å². The van der Waals surface area contributed by atoms with E-state index in [0.29, 0.717) is 56.0 Å². The van der Waals surface area contributed by atoms with Crippen LogP contribution >= 0.6 is 0 Å². The van der Waals surface area contributed by atoms with E-state index in [0.717, 1.165) is 0 Å². The minimum atomic E-state index is -0.582. The fourth-order valence-corrected chi connectivity index (χ4v) is 3.66. The zero-order chi connectivity index (χ0) is 23.5. The van der Waals surface area contributed by atoms with Crippen molar-refractivity contribution in [3.63, 3.8) is 0 Å². The summed E-state index contributed by atoms with van der Waals surface area (Å²) in [6.07, 6.45) is 0.569. The van der Waals surface area contributed by atoms with Gasteiger partial charge in [0.25, 0.3) is 5.91 Å². The molecule has 2 heterocycles. The van der Waals surface area contributed by atoms with Gasteiger partial charge in [0, 0.05) is 38.2 Å². The van der Waals surface area contributed by atoms with E-state index >= 15 is 0 Å². The third kappa shape index (κ3) is 5.57. The second kappa shape index (κ2) is 9.58. The first-order valence-electron chi connectivity index (χ1n) is 10.9. The molecule has 0 unspecified atom stereocenters. The molecule has 0 bridgehead atoms. The third-order valence-corrected chi connectivity index (χ3v) is 5.34. The maximum Gasteiger partial charge on any atom is 0.410 e. The van der Waals surface area contributed by atoms with Gasteiger partial charge in [0.15, 0.2) is 12.4 Å². The highest BCUT2D eigenvalue weighted by atomic mass is 16.6. The average Bonchev–Trinajstić information content (AvgIpc) is 3.00. The van der Waals surface area contributed by atoms with Crippen LogP contribution in [0.3, 0.4) is 0 Å². The molecule has 1 saturated heterocycles. The molecule has 3 amide bonds. The number of carbonyl (C=O) groups is 4. The summed E-state index contributed by atoms with van der Waals surface area (Å²) in [5.41, 5.74) is 0.324. The van der Waals surface area contributed by atoms with Crippen LogP contribution in [0.2, 0.25) is 0 Å². The van der Waals surface area contributed by atoms with Crippen LogP contribution in [-0.2, 0) is 14.3 Å². The number of Topliss-reactive ketones (excluding diaryl/α,β-unsaturated/α-hetero) is 1. The first-order valence-corrected chi connectivity index (χ1v) is 10.9. The van der Waals surface area contributed by atoms with E-state index in [1.807, 2.05) is 20.8 Å². The Morgan fingerprint density at radius 3 is 2.44 bits per heavy atom. The molecule has 32 heavy (non-hydrogen) atoms. The Hall–Kier alpha value is -3.10. The van der Waals surface area contributed by atoms with Gasteiger partial charge in [-0.05, 0) is 45.4 Å². The van der Waals surface area contributed by atoms with E-state index in [-0.39, 0.29) is 30.7 Å². The van der Waals surface area contributed by atoms with Crippen LogP contribution in [-0.4, -0.2) is 78.4 Å². The number of benzene rings is 1. The number of anilines is 1. The Bertz CT molecular complexity index is 907. The Morgan fingerprint density at radius 2 is 1.75 bits per heavy atom. The highest BCUT2D eigenvalue weighted by Crippen LogP contribution is 2.33. The fourth-order valence-electron chi connectivity index (χ4n) is 3.66. The van der Waals surface area contributed by atoms with Gasteiger partial charge < -0.3 is 19.3 Å². The summed E-state index contributed by atoms with van der Waals surface area (Å²) in [6, 6.07) is 4.94. The molecule has 9 nitrogen and oxygen atoms in total. The van der Waals surface area contributed by atoms with Gasteiger partial charge in [-0.2, -0.15) is 0 Å². The van der Waals surface area contributed by atoms with Crippen molar-refractivity contribution in [3.8, 4) is 5.75 Å². The normalized spacial score (nSPS) is 16.8. The molecular weight excluding hydrogens is 414 g/mol. The minimum Gasteiger partial charge on any atom is -0.482 e. The number of rotatable bonds is 4. The lowest BCUT2D eigenvalue weighted by Crippen LogP contribution is -2.47. The van der Waals surface area contributed by atoms with Crippen molar-refractivity contribution in [1.29, 1.82) is 0 Å². The van der Waals surface area contributed by atoms with Crippen molar-refractivity contribution in [2.75, 3.05) is 44.2 Å². The molecule has 1 fully saturated rings. The quantitative estimate of drug-likeness (QED) is 0.661. The number of amides is 3. The number of hydrogen-bond acceptors (Lipinski definition) is 6. The summed E-state index contributed by atoms with van der Waals surface area (Å²) < 4.78 is 10.9. The van der Waals surface area contributed by atoms with Gasteiger partial charge in [0.05, 0.1) is 5.69 Å². The number of hydrogen-bond donors (Lipinski definition) is 0. The molecule has 0 N–H and O–H groups in total. The first kappa shape index (κ1) is 23.6. The number of ether oxygens (including phenoxy) is 2. The predicted molar refractivity (Wildman–Crippen MR) is 118 cm³/mol. The average molecular weight is 446 g/mol. The van der Waals surface area contributed by atoms with E-state index in [1.165, 1.54) is 4.90 Å². The van der Waals surface area contributed by atoms with Crippen molar-refractivity contribution in [3.05, 3.63) is 23.8 Å². The van der Waals surface area contributed by atoms with E-state index in [1.54, 1.807) is 34.9 Å². The minimum absolute atomic E-state index is 0.0492. The molecule has 0 atom stereocenters. The van der Waals surface area contributed by atoms with Gasteiger partial charge in [-0.1, -0.05) is 6.92 Å². The van der Waals surface area contributed by atoms with E-state index in [4.69, 9.17) is 9.47 Å². The van der Waals surface area contributed by atoms with E-state index in [2.05, 4.69) is 0 Å². The lowest BCUT2D eigenvalue weighted by Gasteiger charge is -2.31. The summed E-state index contributed by atoms with van der Waals surface area (Å²) in [7, 11) is 0. The Balaban J connectivity index is 1.69. The third-order valence-electron chi connectivity index (χ3n) is 5.34. The molecule has 0 radical (unpaired) electrons. The molecule has 174 valence electrons. The zero-order valence-electron chi connectivity index (χ0n) is 19.2. The van der Waals surface area contributed by atoms with Crippen molar-refractivity contribution < 1.29 is 28.7 Å². The van der Waals surface area contributed by atoms with Gasteiger partial charge in [0.1, 0.15) is 17.9 Å². The monoisotopic (exact) mass is 445 g/mol. The molecule has 0 saturated carbocycles. The standard InChI is InChI=1S/C23H31N3O6/c1-5-18(27)16-7-8-19-17(13-16)26(21(29)15-31-19)14-20(28)24-9-6-10-25(12-11-24)22(30)32-23(2,3)4/h7-8,13H,5-6,9-12,14-15H2,1-4H3. The molecule has 2 aliphatic rings. The molecule has 0 spiro atoms.